The van der Waals surface area contributed by atoms with Crippen molar-refractivity contribution in [2.75, 3.05) is 0 Å². The van der Waals surface area contributed by atoms with Crippen LogP contribution in [0.5, 0.6) is 0 Å². The Bertz CT molecular complexity index is 565. The van der Waals surface area contributed by atoms with Gasteiger partial charge in [-0.15, -0.1) is 11.6 Å². The zero-order chi connectivity index (χ0) is 14.5. The minimum atomic E-state index is 0.469. The fourth-order valence-corrected chi connectivity index (χ4v) is 3.19. The van der Waals surface area contributed by atoms with E-state index in [2.05, 4.69) is 57.5 Å². The number of alkyl halides is 1. The molecule has 0 aliphatic heterocycles. The molecule has 2 aromatic rings. The van der Waals surface area contributed by atoms with Gasteiger partial charge in [-0.3, -0.25) is 0 Å². The Morgan fingerprint density at radius 2 is 2.15 bits per heavy atom. The SMILES string of the molecule is CCCCC(CC)Cn1c(CCl)nc2cc(Br)ccc21. The van der Waals surface area contributed by atoms with E-state index in [1.165, 1.54) is 31.2 Å². The zero-order valence-electron chi connectivity index (χ0n) is 12.2. The minimum Gasteiger partial charge on any atom is -0.327 e. The molecule has 0 aliphatic carbocycles. The lowest BCUT2D eigenvalue weighted by atomic mass is 9.99. The Labute approximate surface area is 134 Å². The average molecular weight is 358 g/mol. The summed E-state index contributed by atoms with van der Waals surface area (Å²) in [6.45, 7) is 5.55. The van der Waals surface area contributed by atoms with Gasteiger partial charge in [0.05, 0.1) is 16.9 Å². The number of benzene rings is 1. The van der Waals surface area contributed by atoms with E-state index in [-0.39, 0.29) is 0 Å². The van der Waals surface area contributed by atoms with E-state index in [4.69, 9.17) is 11.6 Å². The number of hydrogen-bond donors (Lipinski definition) is 0. The Morgan fingerprint density at radius 1 is 1.35 bits per heavy atom. The van der Waals surface area contributed by atoms with Crippen molar-refractivity contribution in [2.24, 2.45) is 5.92 Å². The first kappa shape index (κ1) is 15.8. The molecule has 1 aromatic carbocycles. The van der Waals surface area contributed by atoms with Gasteiger partial charge in [0.25, 0.3) is 0 Å². The number of fused-ring (bicyclic) bond motifs is 1. The van der Waals surface area contributed by atoms with Gasteiger partial charge in [-0.2, -0.15) is 0 Å². The highest BCUT2D eigenvalue weighted by Gasteiger charge is 2.14. The number of imidazole rings is 1. The second-order valence-electron chi connectivity index (χ2n) is 5.32. The number of rotatable bonds is 7. The maximum Gasteiger partial charge on any atom is 0.124 e. The van der Waals surface area contributed by atoms with E-state index >= 15 is 0 Å². The van der Waals surface area contributed by atoms with E-state index in [1.54, 1.807) is 0 Å². The van der Waals surface area contributed by atoms with Gasteiger partial charge in [-0.1, -0.05) is 49.0 Å². The van der Waals surface area contributed by atoms with E-state index in [0.717, 1.165) is 22.4 Å². The van der Waals surface area contributed by atoms with Crippen molar-refractivity contribution < 1.29 is 0 Å². The van der Waals surface area contributed by atoms with Crippen LogP contribution in [-0.4, -0.2) is 9.55 Å². The molecule has 110 valence electrons. The maximum atomic E-state index is 6.08. The molecule has 4 heteroatoms. The van der Waals surface area contributed by atoms with E-state index in [0.29, 0.717) is 11.8 Å². The van der Waals surface area contributed by atoms with Crippen LogP contribution in [-0.2, 0) is 12.4 Å². The van der Waals surface area contributed by atoms with Crippen LogP contribution in [0.3, 0.4) is 0 Å². The topological polar surface area (TPSA) is 17.8 Å². The fourth-order valence-electron chi connectivity index (χ4n) is 2.63. The van der Waals surface area contributed by atoms with Gasteiger partial charge in [0.2, 0.25) is 0 Å². The highest BCUT2D eigenvalue weighted by Crippen LogP contribution is 2.25. The predicted molar refractivity (Wildman–Crippen MR) is 90.3 cm³/mol. The third kappa shape index (κ3) is 3.56. The Kier molecular flexibility index (Phi) is 5.91. The second-order valence-corrected chi connectivity index (χ2v) is 6.50. The predicted octanol–water partition coefficient (Wildman–Crippen LogP) is 5.75. The lowest BCUT2D eigenvalue weighted by Crippen LogP contribution is -2.12. The van der Waals surface area contributed by atoms with Crippen LogP contribution in [0, 0.1) is 5.92 Å². The molecule has 0 spiro atoms. The van der Waals surface area contributed by atoms with Gasteiger partial charge in [0, 0.05) is 11.0 Å². The first-order valence-corrected chi connectivity index (χ1v) is 8.72. The largest absolute Gasteiger partial charge is 0.327 e. The molecule has 0 aliphatic rings. The Morgan fingerprint density at radius 3 is 2.80 bits per heavy atom. The summed E-state index contributed by atoms with van der Waals surface area (Å²) in [7, 11) is 0. The van der Waals surface area contributed by atoms with Crippen molar-refractivity contribution in [1.82, 2.24) is 9.55 Å². The summed E-state index contributed by atoms with van der Waals surface area (Å²) in [5, 5.41) is 0. The first-order valence-electron chi connectivity index (χ1n) is 7.40. The molecule has 1 heterocycles. The second kappa shape index (κ2) is 7.46. The van der Waals surface area contributed by atoms with Gasteiger partial charge in [0.15, 0.2) is 0 Å². The van der Waals surface area contributed by atoms with Crippen molar-refractivity contribution in [2.45, 2.75) is 52.0 Å². The van der Waals surface area contributed by atoms with Crippen LogP contribution in [0.2, 0.25) is 0 Å². The Balaban J connectivity index is 2.31. The number of unbranched alkanes of at least 4 members (excludes halogenated alkanes) is 1. The van der Waals surface area contributed by atoms with Gasteiger partial charge in [-0.25, -0.2) is 4.98 Å². The molecule has 0 amide bonds. The highest BCUT2D eigenvalue weighted by atomic mass is 79.9. The van der Waals surface area contributed by atoms with Crippen LogP contribution in [0.1, 0.15) is 45.4 Å². The monoisotopic (exact) mass is 356 g/mol. The summed E-state index contributed by atoms with van der Waals surface area (Å²) in [4.78, 5) is 4.66. The van der Waals surface area contributed by atoms with Crippen molar-refractivity contribution >= 4 is 38.6 Å². The molecule has 1 unspecified atom stereocenters. The Hall–Kier alpha value is -0.540. The number of halogens is 2. The van der Waals surface area contributed by atoms with Crippen molar-refractivity contribution in [3.8, 4) is 0 Å². The molecular formula is C16H22BrClN2. The van der Waals surface area contributed by atoms with E-state index in [1.807, 2.05) is 0 Å². The normalized spacial score (nSPS) is 13.0. The third-order valence-electron chi connectivity index (χ3n) is 3.89. The van der Waals surface area contributed by atoms with Crippen LogP contribution in [0.4, 0.5) is 0 Å². The number of hydrogen-bond acceptors (Lipinski definition) is 1. The summed E-state index contributed by atoms with van der Waals surface area (Å²) in [6.07, 6.45) is 5.05. The van der Waals surface area contributed by atoms with Crippen LogP contribution < -0.4 is 0 Å². The minimum absolute atomic E-state index is 0.469. The number of nitrogens with zero attached hydrogens (tertiary/aromatic N) is 2. The van der Waals surface area contributed by atoms with Crippen molar-refractivity contribution in [3.63, 3.8) is 0 Å². The average Bonchev–Trinajstić information content (AvgIpc) is 2.80. The number of aromatic nitrogens is 2. The van der Waals surface area contributed by atoms with E-state index < -0.39 is 0 Å². The van der Waals surface area contributed by atoms with Crippen molar-refractivity contribution in [3.05, 3.63) is 28.5 Å². The highest BCUT2D eigenvalue weighted by molar-refractivity contribution is 9.10. The zero-order valence-corrected chi connectivity index (χ0v) is 14.5. The van der Waals surface area contributed by atoms with Crippen LogP contribution in [0.25, 0.3) is 11.0 Å². The summed E-state index contributed by atoms with van der Waals surface area (Å²) in [6, 6.07) is 6.27. The smallest absolute Gasteiger partial charge is 0.124 e. The molecule has 0 bridgehead atoms. The summed E-state index contributed by atoms with van der Waals surface area (Å²) in [5.74, 6) is 2.16. The summed E-state index contributed by atoms with van der Waals surface area (Å²) >= 11 is 9.58. The molecule has 0 radical (unpaired) electrons. The molecule has 2 rings (SSSR count). The van der Waals surface area contributed by atoms with Crippen molar-refractivity contribution in [1.29, 1.82) is 0 Å². The van der Waals surface area contributed by atoms with E-state index in [9.17, 15) is 0 Å². The fraction of sp³-hybridized carbons (Fsp3) is 0.562. The molecule has 2 nitrogen and oxygen atoms in total. The molecule has 0 saturated heterocycles. The molecule has 20 heavy (non-hydrogen) atoms. The summed E-state index contributed by atoms with van der Waals surface area (Å²) in [5.41, 5.74) is 2.22. The first-order chi connectivity index (χ1) is 9.69. The van der Waals surface area contributed by atoms with Gasteiger partial charge >= 0.3 is 0 Å². The third-order valence-corrected chi connectivity index (χ3v) is 4.63. The molecule has 0 saturated carbocycles. The molecular weight excluding hydrogens is 336 g/mol. The standard InChI is InChI=1S/C16H22BrClN2/c1-3-5-6-12(4-2)11-20-15-8-7-13(17)9-14(15)19-16(20)10-18/h7-9,12H,3-6,10-11H2,1-2H3. The lowest BCUT2D eigenvalue weighted by Gasteiger charge is -2.17. The van der Waals surface area contributed by atoms with Gasteiger partial charge in [0.1, 0.15) is 5.82 Å². The lowest BCUT2D eigenvalue weighted by molar-refractivity contribution is 0.391. The molecule has 0 N–H and O–H groups in total. The van der Waals surface area contributed by atoms with Crippen LogP contribution in [0.15, 0.2) is 22.7 Å². The van der Waals surface area contributed by atoms with Gasteiger partial charge in [-0.05, 0) is 30.5 Å². The van der Waals surface area contributed by atoms with Crippen LogP contribution >= 0.6 is 27.5 Å². The molecule has 1 atom stereocenters. The summed E-state index contributed by atoms with van der Waals surface area (Å²) < 4.78 is 3.37. The molecule has 0 fully saturated rings. The van der Waals surface area contributed by atoms with Gasteiger partial charge < -0.3 is 4.57 Å². The quantitative estimate of drug-likeness (QED) is 0.576. The molecule has 1 aromatic heterocycles. The maximum absolute atomic E-state index is 6.08.